The molecule has 2 unspecified atom stereocenters. The number of urea groups is 1. The van der Waals surface area contributed by atoms with E-state index in [0.29, 0.717) is 25.3 Å². The number of hydrogen-bond donors (Lipinski definition) is 2. The standard InChI is InChI=1S/C16H21BrN2O4/c1-10-5-12(15(20)21)9-19(8-10)16(22)18-7-11-3-4-13(17)6-14(11)23-2/h3-4,6,10,12H,5,7-9H2,1-2H3,(H,18,22)(H,20,21). The Bertz CT molecular complexity index is 593. The van der Waals surface area contributed by atoms with Crippen LogP contribution >= 0.6 is 15.9 Å². The van der Waals surface area contributed by atoms with Gasteiger partial charge in [-0.25, -0.2) is 4.79 Å². The molecule has 0 bridgehead atoms. The van der Waals surface area contributed by atoms with E-state index in [0.717, 1.165) is 10.0 Å². The molecule has 6 nitrogen and oxygen atoms in total. The summed E-state index contributed by atoms with van der Waals surface area (Å²) in [7, 11) is 1.58. The van der Waals surface area contributed by atoms with Crippen LogP contribution in [0.4, 0.5) is 4.79 Å². The molecule has 1 aromatic carbocycles. The zero-order valence-corrected chi connectivity index (χ0v) is 14.8. The lowest BCUT2D eigenvalue weighted by atomic mass is 9.91. The van der Waals surface area contributed by atoms with Crippen molar-refractivity contribution in [1.82, 2.24) is 10.2 Å². The zero-order valence-electron chi connectivity index (χ0n) is 13.2. The first-order valence-corrected chi connectivity index (χ1v) is 8.28. The molecule has 0 aromatic heterocycles. The van der Waals surface area contributed by atoms with Crippen molar-refractivity contribution in [2.24, 2.45) is 11.8 Å². The van der Waals surface area contributed by atoms with E-state index in [2.05, 4.69) is 21.2 Å². The first kappa shape index (κ1) is 17.6. The number of hydrogen-bond acceptors (Lipinski definition) is 3. The van der Waals surface area contributed by atoms with Crippen molar-refractivity contribution >= 4 is 27.9 Å². The van der Waals surface area contributed by atoms with E-state index in [-0.39, 0.29) is 18.5 Å². The van der Waals surface area contributed by atoms with Crippen molar-refractivity contribution in [3.8, 4) is 5.75 Å². The molecule has 7 heteroatoms. The van der Waals surface area contributed by atoms with E-state index in [1.54, 1.807) is 12.0 Å². The number of carbonyl (C=O) groups excluding carboxylic acids is 1. The second-order valence-corrected chi connectivity index (χ2v) is 6.81. The second-order valence-electron chi connectivity index (χ2n) is 5.90. The normalized spacial score (nSPS) is 20.9. The molecule has 2 atom stereocenters. The van der Waals surface area contributed by atoms with E-state index in [1.165, 1.54) is 0 Å². The second kappa shape index (κ2) is 7.68. The fraction of sp³-hybridized carbons (Fsp3) is 0.500. The SMILES string of the molecule is COc1cc(Br)ccc1CNC(=O)N1CC(C)CC(C(=O)O)C1. The molecule has 0 spiro atoms. The maximum Gasteiger partial charge on any atom is 0.317 e. The molecular weight excluding hydrogens is 364 g/mol. The van der Waals surface area contributed by atoms with E-state index in [9.17, 15) is 14.7 Å². The number of rotatable bonds is 4. The number of amides is 2. The Balaban J connectivity index is 1.98. The third-order valence-electron chi connectivity index (χ3n) is 3.98. The van der Waals surface area contributed by atoms with Gasteiger partial charge in [-0.15, -0.1) is 0 Å². The van der Waals surface area contributed by atoms with Crippen LogP contribution in [0, 0.1) is 11.8 Å². The smallest absolute Gasteiger partial charge is 0.317 e. The van der Waals surface area contributed by atoms with Gasteiger partial charge in [-0.1, -0.05) is 28.9 Å². The molecule has 1 heterocycles. The lowest BCUT2D eigenvalue weighted by molar-refractivity contribution is -0.143. The Labute approximate surface area is 143 Å². The van der Waals surface area contributed by atoms with Crippen molar-refractivity contribution in [2.75, 3.05) is 20.2 Å². The predicted octanol–water partition coefficient (Wildman–Crippen LogP) is 2.71. The maximum absolute atomic E-state index is 12.3. The summed E-state index contributed by atoms with van der Waals surface area (Å²) in [6.45, 7) is 3.13. The molecule has 2 rings (SSSR count). The number of benzene rings is 1. The highest BCUT2D eigenvalue weighted by Gasteiger charge is 2.31. The summed E-state index contributed by atoms with van der Waals surface area (Å²) < 4.78 is 6.20. The molecule has 1 saturated heterocycles. The molecule has 2 N–H and O–H groups in total. The van der Waals surface area contributed by atoms with Crippen LogP contribution in [-0.4, -0.2) is 42.2 Å². The van der Waals surface area contributed by atoms with Crippen molar-refractivity contribution < 1.29 is 19.4 Å². The highest BCUT2D eigenvalue weighted by atomic mass is 79.9. The van der Waals surface area contributed by atoms with E-state index in [4.69, 9.17) is 4.74 Å². The molecule has 2 amide bonds. The van der Waals surface area contributed by atoms with Crippen molar-refractivity contribution in [3.05, 3.63) is 28.2 Å². The molecule has 0 radical (unpaired) electrons. The quantitative estimate of drug-likeness (QED) is 0.836. The largest absolute Gasteiger partial charge is 0.496 e. The average Bonchev–Trinajstić information content (AvgIpc) is 2.52. The number of carboxylic acids is 1. The van der Waals surface area contributed by atoms with Crippen molar-refractivity contribution in [3.63, 3.8) is 0 Å². The Morgan fingerprint density at radius 1 is 1.43 bits per heavy atom. The van der Waals surface area contributed by atoms with Crippen LogP contribution in [0.5, 0.6) is 5.75 Å². The van der Waals surface area contributed by atoms with Gasteiger partial charge in [0.1, 0.15) is 5.75 Å². The monoisotopic (exact) mass is 384 g/mol. The molecule has 1 aliphatic rings. The summed E-state index contributed by atoms with van der Waals surface area (Å²) in [5.74, 6) is -0.469. The summed E-state index contributed by atoms with van der Waals surface area (Å²) in [5.41, 5.74) is 0.865. The van der Waals surface area contributed by atoms with Crippen LogP contribution in [0.3, 0.4) is 0 Å². The van der Waals surface area contributed by atoms with Crippen LogP contribution in [0.15, 0.2) is 22.7 Å². The Morgan fingerprint density at radius 2 is 2.17 bits per heavy atom. The summed E-state index contributed by atoms with van der Waals surface area (Å²) in [6, 6.07) is 5.35. The van der Waals surface area contributed by atoms with Gasteiger partial charge in [0, 0.05) is 29.7 Å². The van der Waals surface area contributed by atoms with Crippen LogP contribution in [0.2, 0.25) is 0 Å². The van der Waals surface area contributed by atoms with Gasteiger partial charge in [0.15, 0.2) is 0 Å². The van der Waals surface area contributed by atoms with Crippen LogP contribution in [0.1, 0.15) is 18.9 Å². The van der Waals surface area contributed by atoms with Gasteiger partial charge < -0.3 is 20.1 Å². The molecule has 1 fully saturated rings. The minimum Gasteiger partial charge on any atom is -0.496 e. The van der Waals surface area contributed by atoms with Gasteiger partial charge in [-0.05, 0) is 24.5 Å². The Morgan fingerprint density at radius 3 is 2.83 bits per heavy atom. The topological polar surface area (TPSA) is 78.9 Å². The zero-order chi connectivity index (χ0) is 17.0. The lowest BCUT2D eigenvalue weighted by Crippen LogP contribution is -2.49. The summed E-state index contributed by atoms with van der Waals surface area (Å²) in [4.78, 5) is 25.1. The van der Waals surface area contributed by atoms with Crippen molar-refractivity contribution in [1.29, 1.82) is 0 Å². The number of carbonyl (C=O) groups is 2. The first-order chi connectivity index (χ1) is 10.9. The predicted molar refractivity (Wildman–Crippen MR) is 89.4 cm³/mol. The van der Waals surface area contributed by atoms with Gasteiger partial charge in [-0.2, -0.15) is 0 Å². The first-order valence-electron chi connectivity index (χ1n) is 7.48. The minimum absolute atomic E-state index is 0.179. The highest BCUT2D eigenvalue weighted by molar-refractivity contribution is 9.10. The number of ether oxygens (including phenoxy) is 1. The molecular formula is C16H21BrN2O4. The summed E-state index contributed by atoms with van der Waals surface area (Å²) >= 11 is 3.38. The maximum atomic E-state index is 12.3. The number of nitrogens with one attached hydrogen (secondary N) is 1. The molecule has 0 aliphatic carbocycles. The minimum atomic E-state index is -0.844. The summed E-state index contributed by atoms with van der Waals surface area (Å²) in [6.07, 6.45) is 0.611. The third kappa shape index (κ3) is 4.60. The number of carboxylic acid groups (broad SMARTS) is 1. The molecule has 1 aliphatic heterocycles. The third-order valence-corrected chi connectivity index (χ3v) is 4.47. The van der Waals surface area contributed by atoms with Crippen LogP contribution in [-0.2, 0) is 11.3 Å². The number of aliphatic carboxylic acids is 1. The van der Waals surface area contributed by atoms with Gasteiger partial charge in [-0.3, -0.25) is 4.79 Å². The van der Waals surface area contributed by atoms with Gasteiger partial charge in [0.05, 0.1) is 13.0 Å². The van der Waals surface area contributed by atoms with Gasteiger partial charge in [0.25, 0.3) is 0 Å². The average molecular weight is 385 g/mol. The highest BCUT2D eigenvalue weighted by Crippen LogP contribution is 2.24. The number of nitrogens with zero attached hydrogens (tertiary/aromatic N) is 1. The Kier molecular flexibility index (Phi) is 5.87. The number of piperidine rings is 1. The lowest BCUT2D eigenvalue weighted by Gasteiger charge is -2.34. The van der Waals surface area contributed by atoms with E-state index in [1.807, 2.05) is 25.1 Å². The number of methoxy groups -OCH3 is 1. The number of halogens is 1. The number of likely N-dealkylation sites (tertiary alicyclic amines) is 1. The molecule has 23 heavy (non-hydrogen) atoms. The van der Waals surface area contributed by atoms with E-state index >= 15 is 0 Å². The summed E-state index contributed by atoms with van der Waals surface area (Å²) in [5, 5.41) is 12.0. The fourth-order valence-corrected chi connectivity index (χ4v) is 3.18. The van der Waals surface area contributed by atoms with Crippen LogP contribution < -0.4 is 10.1 Å². The molecule has 0 saturated carbocycles. The molecule has 126 valence electrons. The van der Waals surface area contributed by atoms with Crippen LogP contribution in [0.25, 0.3) is 0 Å². The fourth-order valence-electron chi connectivity index (χ4n) is 2.84. The Hall–Kier alpha value is -1.76. The van der Waals surface area contributed by atoms with Crippen molar-refractivity contribution in [2.45, 2.75) is 19.9 Å². The molecule has 1 aromatic rings. The van der Waals surface area contributed by atoms with E-state index < -0.39 is 11.9 Å². The van der Waals surface area contributed by atoms with Gasteiger partial charge >= 0.3 is 12.0 Å². The van der Waals surface area contributed by atoms with Gasteiger partial charge in [0.2, 0.25) is 0 Å².